The minimum Gasteiger partial charge on any atom is -0.381 e. The average molecular weight is 575 g/mol. The van der Waals surface area contributed by atoms with E-state index in [2.05, 4.69) is 42.0 Å². The van der Waals surface area contributed by atoms with Crippen molar-refractivity contribution in [2.45, 2.75) is 19.5 Å². The van der Waals surface area contributed by atoms with Gasteiger partial charge in [0, 0.05) is 37.7 Å². The fraction of sp³-hybridized carbons (Fsp3) is 0.231. The molecule has 14 nitrogen and oxygen atoms in total. The molecular weight excluding hydrogens is 548 g/mol. The van der Waals surface area contributed by atoms with Crippen LogP contribution < -0.4 is 21.3 Å². The monoisotopic (exact) mass is 574 g/mol. The average Bonchev–Trinajstić information content (AvgIpc) is 3.52. The van der Waals surface area contributed by atoms with E-state index in [0.717, 1.165) is 0 Å². The number of amides is 1. The topological polar surface area (TPSA) is 184 Å². The molecule has 210 valence electrons. The van der Waals surface area contributed by atoms with Gasteiger partial charge in [-0.3, -0.25) is 18.8 Å². The molecule has 5 rings (SSSR count). The number of nitrogens with one attached hydrogen (secondary N) is 2. The molecule has 0 aliphatic carbocycles. The second-order valence-electron chi connectivity index (χ2n) is 9.15. The summed E-state index contributed by atoms with van der Waals surface area (Å²) in [7, 11) is -0.607. The molecule has 15 heteroatoms. The van der Waals surface area contributed by atoms with E-state index in [1.165, 1.54) is 22.3 Å². The molecule has 0 fully saturated rings. The van der Waals surface area contributed by atoms with Gasteiger partial charge in [-0.2, -0.15) is 5.10 Å². The van der Waals surface area contributed by atoms with Crippen LogP contribution in [0.15, 0.2) is 53.8 Å². The first-order valence-electron chi connectivity index (χ1n) is 12.4. The number of benzene rings is 1. The lowest BCUT2D eigenvalue weighted by Crippen LogP contribution is -2.36. The Hall–Kier alpha value is -5.07. The molecule has 4 N–H and O–H groups in total. The summed E-state index contributed by atoms with van der Waals surface area (Å²) in [5.74, 6) is 5.16. The van der Waals surface area contributed by atoms with E-state index in [1.54, 1.807) is 61.5 Å². The highest BCUT2D eigenvalue weighted by atomic mass is 32.2. The molecule has 1 atom stereocenters. The van der Waals surface area contributed by atoms with Crippen molar-refractivity contribution in [1.29, 1.82) is 0 Å². The fourth-order valence-corrected chi connectivity index (χ4v) is 4.95. The van der Waals surface area contributed by atoms with Gasteiger partial charge in [-0.15, -0.1) is 5.10 Å². The quantitative estimate of drug-likeness (QED) is 0.228. The van der Waals surface area contributed by atoms with Crippen molar-refractivity contribution in [3.8, 4) is 11.8 Å². The predicted molar refractivity (Wildman–Crippen MR) is 151 cm³/mol. The number of aryl methyl sites for hydroxylation is 1. The first-order valence-corrected chi connectivity index (χ1v) is 14.1. The smallest absolute Gasteiger partial charge is 0.262 e. The zero-order valence-electron chi connectivity index (χ0n) is 22.4. The van der Waals surface area contributed by atoms with Crippen LogP contribution in [0.5, 0.6) is 0 Å². The number of rotatable bonds is 7. The van der Waals surface area contributed by atoms with Crippen molar-refractivity contribution >= 4 is 38.3 Å². The number of carbonyl (C=O) groups is 1. The number of carbonyl (C=O) groups excluding carboxylic acids is 1. The largest absolute Gasteiger partial charge is 0.381 e. The molecule has 0 bridgehead atoms. The summed E-state index contributed by atoms with van der Waals surface area (Å²) in [4.78, 5) is 36.1. The Morgan fingerprint density at radius 2 is 2.02 bits per heavy atom. The molecule has 0 saturated carbocycles. The van der Waals surface area contributed by atoms with E-state index in [-0.39, 0.29) is 34.8 Å². The van der Waals surface area contributed by atoms with Gasteiger partial charge in [0.05, 0.1) is 34.5 Å². The Morgan fingerprint density at radius 3 is 2.76 bits per heavy atom. The maximum atomic E-state index is 13.9. The number of nitrogens with zero attached hydrogens (tertiary/aromatic N) is 7. The third-order valence-electron chi connectivity index (χ3n) is 6.34. The second kappa shape index (κ2) is 10.8. The van der Waals surface area contributed by atoms with Crippen LogP contribution in [-0.4, -0.2) is 61.1 Å². The highest BCUT2D eigenvalue weighted by Crippen LogP contribution is 2.20. The van der Waals surface area contributed by atoms with Crippen molar-refractivity contribution in [3.63, 3.8) is 0 Å². The SMILES string of the molecule is CNS(=O)(=O)CCn1c([C@@H](C)NC(=O)c2c(N)nn3cccnc23)nc2cccc(C#Cc3cnn(C)c3)c2c1=O. The lowest BCUT2D eigenvalue weighted by molar-refractivity contribution is 0.0939. The number of anilines is 1. The van der Waals surface area contributed by atoms with Crippen molar-refractivity contribution in [2.75, 3.05) is 18.5 Å². The molecule has 1 amide bonds. The summed E-state index contributed by atoms with van der Waals surface area (Å²) in [5, 5.41) is 11.2. The third kappa shape index (κ3) is 5.51. The van der Waals surface area contributed by atoms with Crippen LogP contribution in [0.4, 0.5) is 5.82 Å². The van der Waals surface area contributed by atoms with Crippen molar-refractivity contribution in [1.82, 2.24) is 44.0 Å². The number of hydrogen-bond donors (Lipinski definition) is 3. The molecule has 0 aliphatic rings. The zero-order chi connectivity index (χ0) is 29.3. The van der Waals surface area contributed by atoms with E-state index in [0.29, 0.717) is 16.6 Å². The molecule has 5 aromatic rings. The molecule has 0 spiro atoms. The zero-order valence-corrected chi connectivity index (χ0v) is 23.2. The van der Waals surface area contributed by atoms with Gasteiger partial charge in [0.25, 0.3) is 11.5 Å². The van der Waals surface area contributed by atoms with Crippen molar-refractivity contribution in [3.05, 3.63) is 81.9 Å². The van der Waals surface area contributed by atoms with Crippen LogP contribution in [0.1, 0.15) is 40.3 Å². The van der Waals surface area contributed by atoms with Crippen LogP contribution in [0.2, 0.25) is 0 Å². The van der Waals surface area contributed by atoms with Crippen LogP contribution in [0.25, 0.3) is 16.6 Å². The van der Waals surface area contributed by atoms with Gasteiger partial charge in [-0.25, -0.2) is 27.6 Å². The lowest BCUT2D eigenvalue weighted by atomic mass is 10.1. The Kier molecular flexibility index (Phi) is 7.26. The molecule has 4 aromatic heterocycles. The molecule has 0 saturated heterocycles. The lowest BCUT2D eigenvalue weighted by Gasteiger charge is -2.20. The van der Waals surface area contributed by atoms with Gasteiger partial charge in [-0.1, -0.05) is 17.9 Å². The number of sulfonamides is 1. The Morgan fingerprint density at radius 1 is 1.22 bits per heavy atom. The number of fused-ring (bicyclic) bond motifs is 2. The summed E-state index contributed by atoms with van der Waals surface area (Å²) >= 11 is 0. The third-order valence-corrected chi connectivity index (χ3v) is 7.68. The minimum atomic E-state index is -3.67. The molecule has 0 aliphatic heterocycles. The molecule has 41 heavy (non-hydrogen) atoms. The summed E-state index contributed by atoms with van der Waals surface area (Å²) in [6, 6.07) is 5.88. The van der Waals surface area contributed by atoms with E-state index in [9.17, 15) is 18.0 Å². The number of aromatic nitrogens is 7. The first kappa shape index (κ1) is 27.5. The fourth-order valence-electron chi connectivity index (χ4n) is 4.33. The van der Waals surface area contributed by atoms with Gasteiger partial charge in [0.2, 0.25) is 10.0 Å². The van der Waals surface area contributed by atoms with Gasteiger partial charge < -0.3 is 11.1 Å². The number of nitrogens with two attached hydrogens (primary N) is 1. The van der Waals surface area contributed by atoms with E-state index in [4.69, 9.17) is 5.73 Å². The summed E-state index contributed by atoms with van der Waals surface area (Å²) in [5.41, 5.74) is 7.25. The molecule has 0 unspecified atom stereocenters. The summed E-state index contributed by atoms with van der Waals surface area (Å²) in [6.07, 6.45) is 6.46. The maximum Gasteiger partial charge on any atom is 0.262 e. The van der Waals surface area contributed by atoms with E-state index >= 15 is 0 Å². The van der Waals surface area contributed by atoms with Crippen LogP contribution >= 0.6 is 0 Å². The van der Waals surface area contributed by atoms with E-state index in [1.807, 2.05) is 0 Å². The minimum absolute atomic E-state index is 0.0193. The Bertz CT molecular complexity index is 2030. The number of nitrogen functional groups attached to an aromatic ring is 1. The summed E-state index contributed by atoms with van der Waals surface area (Å²) in [6.45, 7) is 1.42. The Labute approximate surface area is 234 Å². The normalized spacial score (nSPS) is 12.3. The van der Waals surface area contributed by atoms with Crippen LogP contribution in [-0.2, 0) is 23.6 Å². The number of hydrogen-bond acceptors (Lipinski definition) is 9. The molecule has 4 heterocycles. The highest BCUT2D eigenvalue weighted by Gasteiger charge is 2.25. The standard InChI is InChI=1S/C26H26N10O4S/c1-16(31-25(37)21-22(27)33-36-11-5-10-29-24(21)36)23-32-19-7-4-6-18(9-8-17-14-30-34(3)15-17)20(19)26(38)35(23)12-13-41(39,40)28-2/h4-7,10-11,14-16,28H,12-13H2,1-3H3,(H2,27,33)(H,31,37)/t16-/m1/s1. The molecule has 1 aromatic carbocycles. The first-order chi connectivity index (χ1) is 19.6. The van der Waals surface area contributed by atoms with Gasteiger partial charge >= 0.3 is 0 Å². The predicted octanol–water partition coefficient (Wildman–Crippen LogP) is 0.195. The van der Waals surface area contributed by atoms with Crippen LogP contribution in [0.3, 0.4) is 0 Å². The van der Waals surface area contributed by atoms with Gasteiger partial charge in [0.15, 0.2) is 11.5 Å². The van der Waals surface area contributed by atoms with Gasteiger partial charge in [0.1, 0.15) is 11.4 Å². The molecular formula is C26H26N10O4S. The van der Waals surface area contributed by atoms with Crippen molar-refractivity contribution < 1.29 is 13.2 Å². The second-order valence-corrected chi connectivity index (χ2v) is 11.2. The maximum absolute atomic E-state index is 13.9. The van der Waals surface area contributed by atoms with Gasteiger partial charge in [-0.05, 0) is 32.2 Å². The van der Waals surface area contributed by atoms with Crippen LogP contribution in [0, 0.1) is 11.8 Å². The highest BCUT2D eigenvalue weighted by molar-refractivity contribution is 7.89. The molecule has 0 radical (unpaired) electrons. The Balaban J connectivity index is 1.59. The van der Waals surface area contributed by atoms with E-state index < -0.39 is 33.3 Å². The van der Waals surface area contributed by atoms with Crippen molar-refractivity contribution in [2.24, 2.45) is 7.05 Å². The summed E-state index contributed by atoms with van der Waals surface area (Å²) < 4.78 is 31.0.